The SMILES string of the molecule is CCc1cc2c(Cl)nc(Cc3cccnc3)nc2[nH]1. The van der Waals surface area contributed by atoms with E-state index in [0.29, 0.717) is 17.4 Å². The van der Waals surface area contributed by atoms with Crippen LogP contribution in [-0.2, 0) is 12.8 Å². The zero-order valence-electron chi connectivity index (χ0n) is 10.5. The van der Waals surface area contributed by atoms with Crippen LogP contribution < -0.4 is 0 Å². The summed E-state index contributed by atoms with van der Waals surface area (Å²) in [4.78, 5) is 16.2. The minimum Gasteiger partial charge on any atom is -0.343 e. The molecule has 1 N–H and O–H groups in total. The fourth-order valence-electron chi connectivity index (χ4n) is 2.03. The first-order valence-electron chi connectivity index (χ1n) is 6.19. The van der Waals surface area contributed by atoms with Crippen LogP contribution in [-0.4, -0.2) is 19.9 Å². The molecule has 96 valence electrons. The fraction of sp³-hybridized carbons (Fsp3) is 0.214. The minimum absolute atomic E-state index is 0.500. The molecule has 3 aromatic rings. The molecule has 0 radical (unpaired) electrons. The Kier molecular flexibility index (Phi) is 3.17. The summed E-state index contributed by atoms with van der Waals surface area (Å²) in [5.74, 6) is 0.704. The van der Waals surface area contributed by atoms with E-state index in [1.54, 1.807) is 6.20 Å². The Labute approximate surface area is 115 Å². The molecule has 0 aromatic carbocycles. The molecule has 0 saturated carbocycles. The molecule has 0 atom stereocenters. The van der Waals surface area contributed by atoms with Gasteiger partial charge in [-0.25, -0.2) is 9.97 Å². The highest BCUT2D eigenvalue weighted by Crippen LogP contribution is 2.22. The molecule has 0 bridgehead atoms. The van der Waals surface area contributed by atoms with Gasteiger partial charge in [-0.05, 0) is 24.1 Å². The molecule has 3 heterocycles. The molecule has 4 nitrogen and oxygen atoms in total. The van der Waals surface area contributed by atoms with Gasteiger partial charge in [0.15, 0.2) is 0 Å². The van der Waals surface area contributed by atoms with Crippen molar-refractivity contribution in [2.75, 3.05) is 0 Å². The molecule has 3 rings (SSSR count). The van der Waals surface area contributed by atoms with Crippen LogP contribution in [0.3, 0.4) is 0 Å². The maximum Gasteiger partial charge on any atom is 0.142 e. The van der Waals surface area contributed by atoms with Crippen LogP contribution in [0.15, 0.2) is 30.6 Å². The van der Waals surface area contributed by atoms with Crippen molar-refractivity contribution in [3.05, 3.63) is 52.8 Å². The standard InChI is InChI=1S/C14H13ClN4/c1-2-10-7-11-13(15)18-12(19-14(11)17-10)6-9-4-3-5-16-8-9/h3-5,7-8H,2,6H2,1H3,(H,17,18,19). The van der Waals surface area contributed by atoms with Crippen molar-refractivity contribution < 1.29 is 0 Å². The third-order valence-electron chi connectivity index (χ3n) is 3.01. The van der Waals surface area contributed by atoms with Crippen LogP contribution in [0.5, 0.6) is 0 Å². The predicted molar refractivity (Wildman–Crippen MR) is 75.3 cm³/mol. The molecule has 5 heteroatoms. The molecule has 19 heavy (non-hydrogen) atoms. The van der Waals surface area contributed by atoms with E-state index >= 15 is 0 Å². The zero-order valence-corrected chi connectivity index (χ0v) is 11.3. The average Bonchev–Trinajstić information content (AvgIpc) is 2.83. The molecular weight excluding hydrogens is 260 g/mol. The van der Waals surface area contributed by atoms with Crippen molar-refractivity contribution in [1.82, 2.24) is 19.9 Å². The van der Waals surface area contributed by atoms with Crippen LogP contribution in [0.4, 0.5) is 0 Å². The van der Waals surface area contributed by atoms with Gasteiger partial charge in [0, 0.05) is 24.5 Å². The van der Waals surface area contributed by atoms with Crippen molar-refractivity contribution in [3.63, 3.8) is 0 Å². The number of halogens is 1. The Morgan fingerprint density at radius 2 is 2.21 bits per heavy atom. The van der Waals surface area contributed by atoms with E-state index in [0.717, 1.165) is 28.7 Å². The smallest absolute Gasteiger partial charge is 0.142 e. The predicted octanol–water partition coefficient (Wildman–Crippen LogP) is 3.16. The van der Waals surface area contributed by atoms with E-state index in [1.807, 2.05) is 24.4 Å². The topological polar surface area (TPSA) is 54.5 Å². The van der Waals surface area contributed by atoms with Gasteiger partial charge in [0.25, 0.3) is 0 Å². The average molecular weight is 273 g/mol. The van der Waals surface area contributed by atoms with Gasteiger partial charge >= 0.3 is 0 Å². The van der Waals surface area contributed by atoms with Crippen molar-refractivity contribution in [2.45, 2.75) is 19.8 Å². The number of nitrogens with one attached hydrogen (secondary N) is 1. The van der Waals surface area contributed by atoms with Gasteiger partial charge in [-0.2, -0.15) is 0 Å². The summed E-state index contributed by atoms with van der Waals surface area (Å²) in [5, 5.41) is 1.38. The van der Waals surface area contributed by atoms with Crippen molar-refractivity contribution in [2.24, 2.45) is 0 Å². The number of nitrogens with zero attached hydrogens (tertiary/aromatic N) is 3. The number of pyridine rings is 1. The monoisotopic (exact) mass is 272 g/mol. The Hall–Kier alpha value is -1.94. The summed E-state index contributed by atoms with van der Waals surface area (Å²) in [7, 11) is 0. The molecule has 0 aliphatic heterocycles. The number of aromatic amines is 1. The zero-order chi connectivity index (χ0) is 13.2. The lowest BCUT2D eigenvalue weighted by Crippen LogP contribution is -1.98. The second kappa shape index (κ2) is 4.97. The number of aromatic nitrogens is 4. The lowest BCUT2D eigenvalue weighted by Gasteiger charge is -2.01. The normalized spacial score (nSPS) is 11.1. The van der Waals surface area contributed by atoms with Gasteiger partial charge in [-0.3, -0.25) is 4.98 Å². The van der Waals surface area contributed by atoms with Gasteiger partial charge in [-0.1, -0.05) is 24.6 Å². The first-order valence-corrected chi connectivity index (χ1v) is 6.57. The fourth-order valence-corrected chi connectivity index (χ4v) is 2.27. The third-order valence-corrected chi connectivity index (χ3v) is 3.30. The lowest BCUT2D eigenvalue weighted by atomic mass is 10.2. The van der Waals surface area contributed by atoms with Crippen molar-refractivity contribution in [1.29, 1.82) is 0 Å². The summed E-state index contributed by atoms with van der Waals surface area (Å²) in [5.41, 5.74) is 2.99. The highest BCUT2D eigenvalue weighted by Gasteiger charge is 2.09. The van der Waals surface area contributed by atoms with Gasteiger partial charge in [0.05, 0.1) is 5.39 Å². The number of hydrogen-bond acceptors (Lipinski definition) is 3. The molecule has 0 aliphatic carbocycles. The summed E-state index contributed by atoms with van der Waals surface area (Å²) < 4.78 is 0. The number of aryl methyl sites for hydroxylation is 1. The summed E-state index contributed by atoms with van der Waals surface area (Å²) >= 11 is 6.21. The Bertz CT molecular complexity index is 706. The van der Waals surface area contributed by atoms with Crippen LogP contribution >= 0.6 is 11.6 Å². The van der Waals surface area contributed by atoms with E-state index in [4.69, 9.17) is 11.6 Å². The van der Waals surface area contributed by atoms with E-state index in [2.05, 4.69) is 26.9 Å². The first-order chi connectivity index (χ1) is 9.26. The molecule has 0 saturated heterocycles. The van der Waals surface area contributed by atoms with E-state index in [9.17, 15) is 0 Å². The lowest BCUT2D eigenvalue weighted by molar-refractivity contribution is 0.975. The molecule has 0 spiro atoms. The highest BCUT2D eigenvalue weighted by atomic mass is 35.5. The van der Waals surface area contributed by atoms with Gasteiger partial charge in [0.2, 0.25) is 0 Å². The maximum absolute atomic E-state index is 6.21. The van der Waals surface area contributed by atoms with E-state index in [1.165, 1.54) is 0 Å². The second-order valence-corrected chi connectivity index (χ2v) is 4.74. The second-order valence-electron chi connectivity index (χ2n) is 4.38. The number of rotatable bonds is 3. The Morgan fingerprint density at radius 3 is 2.95 bits per heavy atom. The van der Waals surface area contributed by atoms with Crippen LogP contribution in [0.2, 0.25) is 5.15 Å². The Morgan fingerprint density at radius 1 is 1.32 bits per heavy atom. The Balaban J connectivity index is 2.01. The molecule has 0 unspecified atom stereocenters. The van der Waals surface area contributed by atoms with Crippen molar-refractivity contribution >= 4 is 22.6 Å². The van der Waals surface area contributed by atoms with E-state index < -0.39 is 0 Å². The van der Waals surface area contributed by atoms with Gasteiger partial charge < -0.3 is 4.98 Å². The third kappa shape index (κ3) is 2.44. The summed E-state index contributed by atoms with van der Waals surface area (Å²) in [6.07, 6.45) is 5.11. The first kappa shape index (κ1) is 12.1. The van der Waals surface area contributed by atoms with Gasteiger partial charge in [0.1, 0.15) is 16.6 Å². The van der Waals surface area contributed by atoms with Crippen molar-refractivity contribution in [3.8, 4) is 0 Å². The molecule has 3 aromatic heterocycles. The minimum atomic E-state index is 0.500. The quantitative estimate of drug-likeness (QED) is 0.745. The maximum atomic E-state index is 6.21. The largest absolute Gasteiger partial charge is 0.343 e. The van der Waals surface area contributed by atoms with Crippen LogP contribution in [0.25, 0.3) is 11.0 Å². The number of H-pyrrole nitrogens is 1. The number of hydrogen-bond donors (Lipinski definition) is 1. The van der Waals surface area contributed by atoms with Gasteiger partial charge in [-0.15, -0.1) is 0 Å². The molecular formula is C14H13ClN4. The molecule has 0 amide bonds. The summed E-state index contributed by atoms with van der Waals surface area (Å²) in [6.45, 7) is 2.09. The van der Waals surface area contributed by atoms with Crippen LogP contribution in [0, 0.1) is 0 Å². The molecule has 0 aliphatic rings. The number of fused-ring (bicyclic) bond motifs is 1. The van der Waals surface area contributed by atoms with E-state index in [-0.39, 0.29) is 0 Å². The van der Waals surface area contributed by atoms with Crippen LogP contribution in [0.1, 0.15) is 24.0 Å². The highest BCUT2D eigenvalue weighted by molar-refractivity contribution is 6.34. The molecule has 0 fully saturated rings. The summed E-state index contributed by atoms with van der Waals surface area (Å²) in [6, 6.07) is 5.91.